The van der Waals surface area contributed by atoms with Gasteiger partial charge in [-0.1, -0.05) is 46.3 Å². The number of hydrogen-bond donors (Lipinski definition) is 2. The van der Waals surface area contributed by atoms with Crippen molar-refractivity contribution in [2.24, 2.45) is 0 Å². The molecule has 2 aromatic carbocycles. The van der Waals surface area contributed by atoms with Crippen molar-refractivity contribution in [3.05, 3.63) is 97.9 Å². The van der Waals surface area contributed by atoms with Crippen LogP contribution in [0.1, 0.15) is 38.0 Å². The summed E-state index contributed by atoms with van der Waals surface area (Å²) < 4.78 is 0.881. The number of hydrogen-bond acceptors (Lipinski definition) is 3. The summed E-state index contributed by atoms with van der Waals surface area (Å²) in [5.74, 6) is -1.71. The van der Waals surface area contributed by atoms with Gasteiger partial charge in [0.1, 0.15) is 5.56 Å². The first kappa shape index (κ1) is 18.2. The average Bonchev–Trinajstić information content (AvgIpc) is 2.68. The Morgan fingerprint density at radius 2 is 1.82 bits per heavy atom. The van der Waals surface area contributed by atoms with E-state index in [4.69, 9.17) is 0 Å². The number of nitrogens with zero attached hydrogens (tertiary/aromatic N) is 1. The van der Waals surface area contributed by atoms with E-state index in [1.54, 1.807) is 4.90 Å². The molecule has 2 N–H and O–H groups in total. The Morgan fingerprint density at radius 1 is 1.07 bits per heavy atom. The molecule has 0 saturated heterocycles. The number of para-hydroxylation sites is 1. The second-order valence-electron chi connectivity index (χ2n) is 6.50. The Labute approximate surface area is 168 Å². The van der Waals surface area contributed by atoms with Crippen molar-refractivity contribution in [1.29, 1.82) is 0 Å². The Balaban J connectivity index is 1.91. The average molecular weight is 439 g/mol. The van der Waals surface area contributed by atoms with Crippen molar-refractivity contribution in [2.75, 3.05) is 4.90 Å². The lowest BCUT2D eigenvalue weighted by Gasteiger charge is -2.37. The van der Waals surface area contributed by atoms with Crippen molar-refractivity contribution < 1.29 is 14.7 Å². The predicted molar refractivity (Wildman–Crippen MR) is 108 cm³/mol. The van der Waals surface area contributed by atoms with Crippen LogP contribution in [0.3, 0.4) is 0 Å². The van der Waals surface area contributed by atoms with E-state index in [9.17, 15) is 19.5 Å². The molecule has 0 spiro atoms. The number of nitrogens with one attached hydrogen (secondary N) is 1. The summed E-state index contributed by atoms with van der Waals surface area (Å²) in [6.45, 7) is 0. The second kappa shape index (κ2) is 7.09. The lowest BCUT2D eigenvalue weighted by atomic mass is 9.91. The molecular weight excluding hydrogens is 424 g/mol. The molecular formula is C21H15BrN2O4. The highest BCUT2D eigenvalue weighted by molar-refractivity contribution is 9.10. The molecule has 1 atom stereocenters. The molecule has 0 aliphatic carbocycles. The van der Waals surface area contributed by atoms with Gasteiger partial charge in [0.2, 0.25) is 0 Å². The fourth-order valence-corrected chi connectivity index (χ4v) is 3.92. The van der Waals surface area contributed by atoms with Gasteiger partial charge in [-0.05, 0) is 35.9 Å². The van der Waals surface area contributed by atoms with Gasteiger partial charge in [0.15, 0.2) is 0 Å². The highest BCUT2D eigenvalue weighted by Gasteiger charge is 2.36. The molecule has 0 radical (unpaired) electrons. The maximum atomic E-state index is 13.4. The molecule has 1 aliphatic heterocycles. The summed E-state index contributed by atoms with van der Waals surface area (Å²) in [6.07, 6.45) is 0.363. The molecule has 0 fully saturated rings. The molecule has 2 heterocycles. The first-order valence-electron chi connectivity index (χ1n) is 8.59. The van der Waals surface area contributed by atoms with Crippen LogP contribution >= 0.6 is 15.9 Å². The van der Waals surface area contributed by atoms with Gasteiger partial charge in [-0.25, -0.2) is 4.79 Å². The summed E-state index contributed by atoms with van der Waals surface area (Å²) in [4.78, 5) is 41.1. The first-order valence-corrected chi connectivity index (χ1v) is 9.38. The number of aromatic carboxylic acids is 1. The standard InChI is InChI=1S/C21H15BrN2O4/c22-13-6-4-5-12(9-13)18-11-17-15(10-16(21(27)28)19(25)23-17)20(26)24(18)14-7-2-1-3-8-14/h1-10,18H,11H2,(H,23,25)(H,27,28). The van der Waals surface area contributed by atoms with E-state index in [2.05, 4.69) is 20.9 Å². The minimum absolute atomic E-state index is 0.201. The van der Waals surface area contributed by atoms with Gasteiger partial charge in [-0.2, -0.15) is 0 Å². The lowest BCUT2D eigenvalue weighted by molar-refractivity contribution is 0.0695. The predicted octanol–water partition coefficient (Wildman–Crippen LogP) is 3.78. The summed E-state index contributed by atoms with van der Waals surface area (Å²) in [5, 5.41) is 9.25. The zero-order valence-electron chi connectivity index (χ0n) is 14.6. The third-order valence-electron chi connectivity index (χ3n) is 4.78. The number of amides is 1. The summed E-state index contributed by atoms with van der Waals surface area (Å²) in [6, 6.07) is 17.7. The Kier molecular flexibility index (Phi) is 4.60. The summed E-state index contributed by atoms with van der Waals surface area (Å²) in [5.41, 5.74) is 1.09. The molecule has 4 rings (SSSR count). The quantitative estimate of drug-likeness (QED) is 0.650. The van der Waals surface area contributed by atoms with Crippen LogP contribution < -0.4 is 10.5 Å². The van der Waals surface area contributed by atoms with Crippen molar-refractivity contribution >= 4 is 33.5 Å². The number of H-pyrrole nitrogens is 1. The van der Waals surface area contributed by atoms with E-state index in [0.717, 1.165) is 10.0 Å². The fraction of sp³-hybridized carbons (Fsp3) is 0.0952. The number of carbonyl (C=O) groups is 2. The number of fused-ring (bicyclic) bond motifs is 1. The van der Waals surface area contributed by atoms with Crippen molar-refractivity contribution in [2.45, 2.75) is 12.5 Å². The molecule has 140 valence electrons. The van der Waals surface area contributed by atoms with Crippen LogP contribution in [0, 0.1) is 0 Å². The van der Waals surface area contributed by atoms with Crippen LogP contribution in [0.25, 0.3) is 0 Å². The molecule has 1 aliphatic rings. The number of carboxylic acid groups (broad SMARTS) is 1. The smallest absolute Gasteiger partial charge is 0.341 e. The Bertz CT molecular complexity index is 1140. The van der Waals surface area contributed by atoms with Crippen LogP contribution in [0.4, 0.5) is 5.69 Å². The molecule has 1 aromatic heterocycles. The maximum absolute atomic E-state index is 13.4. The SMILES string of the molecule is O=C(O)c1cc2c([nH]c1=O)CC(c1cccc(Br)c1)N(c1ccccc1)C2=O. The molecule has 0 bridgehead atoms. The number of carboxylic acids is 1. The zero-order valence-corrected chi connectivity index (χ0v) is 16.1. The maximum Gasteiger partial charge on any atom is 0.341 e. The topological polar surface area (TPSA) is 90.5 Å². The number of aromatic amines is 1. The number of anilines is 1. The van der Waals surface area contributed by atoms with E-state index < -0.39 is 17.1 Å². The van der Waals surface area contributed by atoms with Gasteiger partial charge >= 0.3 is 5.97 Å². The van der Waals surface area contributed by atoms with E-state index in [1.807, 2.05) is 54.6 Å². The fourth-order valence-electron chi connectivity index (χ4n) is 3.50. The highest BCUT2D eigenvalue weighted by atomic mass is 79.9. The molecule has 1 unspecified atom stereocenters. The van der Waals surface area contributed by atoms with E-state index >= 15 is 0 Å². The van der Waals surface area contributed by atoms with Gasteiger partial charge in [-0.15, -0.1) is 0 Å². The number of benzene rings is 2. The van der Waals surface area contributed by atoms with Crippen molar-refractivity contribution in [3.8, 4) is 0 Å². The number of carbonyl (C=O) groups excluding carboxylic acids is 1. The van der Waals surface area contributed by atoms with Gasteiger partial charge in [0.05, 0.1) is 11.6 Å². The third-order valence-corrected chi connectivity index (χ3v) is 5.27. The third kappa shape index (κ3) is 3.14. The monoisotopic (exact) mass is 438 g/mol. The van der Waals surface area contributed by atoms with Crippen LogP contribution in [0.15, 0.2) is 69.9 Å². The van der Waals surface area contributed by atoms with Crippen LogP contribution in [-0.4, -0.2) is 22.0 Å². The normalized spacial score (nSPS) is 16.0. The van der Waals surface area contributed by atoms with Gasteiger partial charge in [-0.3, -0.25) is 9.59 Å². The van der Waals surface area contributed by atoms with Crippen molar-refractivity contribution in [1.82, 2.24) is 4.98 Å². The Hall–Kier alpha value is -3.19. The first-order chi connectivity index (χ1) is 13.5. The van der Waals surface area contributed by atoms with Gasteiger partial charge < -0.3 is 15.0 Å². The highest BCUT2D eigenvalue weighted by Crippen LogP contribution is 2.36. The molecule has 0 saturated carbocycles. The lowest BCUT2D eigenvalue weighted by Crippen LogP contribution is -2.42. The second-order valence-corrected chi connectivity index (χ2v) is 7.41. The molecule has 1 amide bonds. The number of aromatic nitrogens is 1. The van der Waals surface area contributed by atoms with Crippen LogP contribution in [0.5, 0.6) is 0 Å². The van der Waals surface area contributed by atoms with E-state index in [0.29, 0.717) is 17.8 Å². The summed E-state index contributed by atoms with van der Waals surface area (Å²) >= 11 is 3.46. The van der Waals surface area contributed by atoms with E-state index in [-0.39, 0.29) is 17.5 Å². The van der Waals surface area contributed by atoms with Crippen molar-refractivity contribution in [3.63, 3.8) is 0 Å². The van der Waals surface area contributed by atoms with Gasteiger partial charge in [0.25, 0.3) is 11.5 Å². The number of rotatable bonds is 3. The van der Waals surface area contributed by atoms with Crippen LogP contribution in [0.2, 0.25) is 0 Å². The van der Waals surface area contributed by atoms with Crippen LogP contribution in [-0.2, 0) is 6.42 Å². The number of pyridine rings is 1. The number of halogens is 1. The molecule has 6 nitrogen and oxygen atoms in total. The van der Waals surface area contributed by atoms with E-state index in [1.165, 1.54) is 6.07 Å². The molecule has 3 aromatic rings. The molecule has 7 heteroatoms. The van der Waals surface area contributed by atoms with Gasteiger partial charge in [0, 0.05) is 22.3 Å². The minimum atomic E-state index is -1.36. The minimum Gasteiger partial charge on any atom is -0.477 e. The summed E-state index contributed by atoms with van der Waals surface area (Å²) in [7, 11) is 0. The Morgan fingerprint density at radius 3 is 2.50 bits per heavy atom. The largest absolute Gasteiger partial charge is 0.477 e. The molecule has 28 heavy (non-hydrogen) atoms. The zero-order chi connectivity index (χ0) is 19.8.